The number of amides is 4. The lowest BCUT2D eigenvalue weighted by atomic mass is 10.1. The SMILES string of the molecule is NC(=O)CCC(NC(=O)C(N)Cc1cnc[nH]1)C(=O)NC(Cc1cnc[nH]1)C(=O)N1CCCC1C(=O)O. The van der Waals surface area contributed by atoms with Gasteiger partial charge in [-0.3, -0.25) is 19.2 Å². The highest BCUT2D eigenvalue weighted by Gasteiger charge is 2.38. The van der Waals surface area contributed by atoms with Gasteiger partial charge in [-0.2, -0.15) is 0 Å². The van der Waals surface area contributed by atoms with Gasteiger partial charge in [-0.05, 0) is 19.3 Å². The number of aromatic nitrogens is 4. The van der Waals surface area contributed by atoms with E-state index in [1.807, 2.05) is 0 Å². The molecule has 4 unspecified atom stereocenters. The van der Waals surface area contributed by atoms with E-state index in [-0.39, 0.29) is 32.2 Å². The van der Waals surface area contributed by atoms with E-state index in [4.69, 9.17) is 11.5 Å². The van der Waals surface area contributed by atoms with Crippen LogP contribution in [0.25, 0.3) is 0 Å². The smallest absolute Gasteiger partial charge is 0.326 e. The largest absolute Gasteiger partial charge is 0.480 e. The van der Waals surface area contributed by atoms with Crippen molar-refractivity contribution >= 4 is 29.6 Å². The molecule has 3 rings (SSSR count). The van der Waals surface area contributed by atoms with Crippen LogP contribution in [0.5, 0.6) is 0 Å². The van der Waals surface area contributed by atoms with Crippen LogP contribution < -0.4 is 22.1 Å². The molecule has 1 saturated heterocycles. The summed E-state index contributed by atoms with van der Waals surface area (Å²) in [6.45, 7) is 0.232. The Morgan fingerprint density at radius 3 is 2.22 bits per heavy atom. The molecule has 0 aromatic carbocycles. The Morgan fingerprint density at radius 2 is 1.65 bits per heavy atom. The summed E-state index contributed by atoms with van der Waals surface area (Å²) in [6.07, 6.45) is 6.45. The van der Waals surface area contributed by atoms with Gasteiger partial charge < -0.3 is 42.1 Å². The Bertz CT molecular complexity index is 1090. The first kappa shape index (κ1) is 27.3. The highest BCUT2D eigenvalue weighted by Crippen LogP contribution is 2.19. The fourth-order valence-electron chi connectivity index (χ4n) is 4.14. The van der Waals surface area contributed by atoms with Gasteiger partial charge in [-0.15, -0.1) is 0 Å². The Balaban J connectivity index is 1.75. The summed E-state index contributed by atoms with van der Waals surface area (Å²) in [5, 5.41) is 14.6. The summed E-state index contributed by atoms with van der Waals surface area (Å²) in [4.78, 5) is 77.0. The number of carboxylic acids is 1. The van der Waals surface area contributed by atoms with E-state index in [2.05, 4.69) is 30.6 Å². The number of aromatic amines is 2. The van der Waals surface area contributed by atoms with Crippen molar-refractivity contribution in [3.05, 3.63) is 36.4 Å². The maximum atomic E-state index is 13.3. The van der Waals surface area contributed by atoms with Gasteiger partial charge in [0.1, 0.15) is 18.1 Å². The average molecular weight is 518 g/mol. The first-order valence-electron chi connectivity index (χ1n) is 11.8. The van der Waals surface area contributed by atoms with Crippen LogP contribution in [0.15, 0.2) is 25.0 Å². The summed E-state index contributed by atoms with van der Waals surface area (Å²) in [6, 6.07) is -4.40. The molecule has 200 valence electrons. The van der Waals surface area contributed by atoms with Crippen LogP contribution in [-0.4, -0.2) is 90.3 Å². The molecule has 2 aromatic heterocycles. The number of likely N-dealkylation sites (tertiary alicyclic amines) is 1. The first-order chi connectivity index (χ1) is 17.7. The number of hydrogen-bond donors (Lipinski definition) is 7. The number of nitrogens with two attached hydrogens (primary N) is 2. The van der Waals surface area contributed by atoms with Crippen molar-refractivity contribution in [2.75, 3.05) is 6.54 Å². The van der Waals surface area contributed by atoms with E-state index in [1.165, 1.54) is 29.9 Å². The van der Waals surface area contributed by atoms with Crippen LogP contribution in [-0.2, 0) is 36.8 Å². The second kappa shape index (κ2) is 12.6. The topological polar surface area (TPSA) is 242 Å². The molecule has 0 bridgehead atoms. The van der Waals surface area contributed by atoms with Crippen molar-refractivity contribution in [2.45, 2.75) is 62.7 Å². The van der Waals surface area contributed by atoms with Gasteiger partial charge >= 0.3 is 5.97 Å². The predicted octanol–water partition coefficient (Wildman–Crippen LogP) is -2.44. The minimum absolute atomic E-state index is 0.00321. The Morgan fingerprint density at radius 1 is 1.03 bits per heavy atom. The number of nitrogens with zero attached hydrogens (tertiary/aromatic N) is 3. The molecule has 0 aliphatic carbocycles. The third-order valence-corrected chi connectivity index (χ3v) is 6.06. The molecule has 1 aliphatic heterocycles. The van der Waals surface area contributed by atoms with Crippen molar-refractivity contribution < 1.29 is 29.1 Å². The van der Waals surface area contributed by atoms with Crippen molar-refractivity contribution in [1.29, 1.82) is 0 Å². The zero-order valence-electron chi connectivity index (χ0n) is 20.1. The normalized spacial score (nSPS) is 17.5. The molecule has 37 heavy (non-hydrogen) atoms. The summed E-state index contributed by atoms with van der Waals surface area (Å²) in [5.74, 6) is -3.78. The molecule has 15 heteroatoms. The Kier molecular flexibility index (Phi) is 9.32. The van der Waals surface area contributed by atoms with Crippen LogP contribution >= 0.6 is 0 Å². The van der Waals surface area contributed by atoms with Crippen LogP contribution in [0.1, 0.15) is 37.1 Å². The molecule has 0 saturated carbocycles. The molecule has 1 aliphatic rings. The van der Waals surface area contributed by atoms with E-state index in [0.717, 1.165) is 0 Å². The lowest BCUT2D eigenvalue weighted by Crippen LogP contribution is -2.58. The fourth-order valence-corrected chi connectivity index (χ4v) is 4.14. The van der Waals surface area contributed by atoms with Crippen LogP contribution in [0, 0.1) is 0 Å². The highest BCUT2D eigenvalue weighted by atomic mass is 16.4. The predicted molar refractivity (Wildman–Crippen MR) is 127 cm³/mol. The van der Waals surface area contributed by atoms with Gasteiger partial charge in [0.25, 0.3) is 0 Å². The number of carbonyl (C=O) groups excluding carboxylic acids is 4. The molecule has 2 aromatic rings. The zero-order chi connectivity index (χ0) is 26.9. The van der Waals surface area contributed by atoms with E-state index in [9.17, 15) is 29.1 Å². The third kappa shape index (κ3) is 7.60. The summed E-state index contributed by atoms with van der Waals surface area (Å²) < 4.78 is 0. The number of imidazole rings is 2. The van der Waals surface area contributed by atoms with Gasteiger partial charge in [0.2, 0.25) is 23.6 Å². The molecule has 0 spiro atoms. The minimum Gasteiger partial charge on any atom is -0.480 e. The van der Waals surface area contributed by atoms with Crippen molar-refractivity contribution in [1.82, 2.24) is 35.5 Å². The third-order valence-electron chi connectivity index (χ3n) is 6.06. The van der Waals surface area contributed by atoms with E-state index < -0.39 is 53.8 Å². The monoisotopic (exact) mass is 517 g/mol. The van der Waals surface area contributed by atoms with Crippen molar-refractivity contribution in [3.8, 4) is 0 Å². The number of aliphatic carboxylic acids is 1. The molecule has 9 N–H and O–H groups in total. The fraction of sp³-hybridized carbons (Fsp3) is 0.500. The second-order valence-corrected chi connectivity index (χ2v) is 8.82. The van der Waals surface area contributed by atoms with E-state index in [1.54, 1.807) is 0 Å². The number of primary amides is 1. The first-order valence-corrected chi connectivity index (χ1v) is 11.8. The highest BCUT2D eigenvalue weighted by molar-refractivity contribution is 5.94. The molecule has 3 heterocycles. The molecule has 4 amide bonds. The van der Waals surface area contributed by atoms with Crippen molar-refractivity contribution in [3.63, 3.8) is 0 Å². The van der Waals surface area contributed by atoms with Gasteiger partial charge in [-0.1, -0.05) is 0 Å². The Labute approximate surface area is 211 Å². The molecule has 0 radical (unpaired) electrons. The number of carboxylic acid groups (broad SMARTS) is 1. The second-order valence-electron chi connectivity index (χ2n) is 8.82. The van der Waals surface area contributed by atoms with Crippen LogP contribution in [0.3, 0.4) is 0 Å². The Hall–Kier alpha value is -4.27. The van der Waals surface area contributed by atoms with E-state index in [0.29, 0.717) is 24.2 Å². The van der Waals surface area contributed by atoms with Crippen molar-refractivity contribution in [2.24, 2.45) is 11.5 Å². The zero-order valence-corrected chi connectivity index (χ0v) is 20.1. The number of nitrogens with one attached hydrogen (secondary N) is 4. The molecular formula is C22H31N9O6. The molecule has 15 nitrogen and oxygen atoms in total. The van der Waals surface area contributed by atoms with Gasteiger partial charge in [0, 0.05) is 49.6 Å². The maximum Gasteiger partial charge on any atom is 0.326 e. The average Bonchev–Trinajstić information content (AvgIpc) is 3.63. The quantitative estimate of drug-likeness (QED) is 0.149. The molecular weight excluding hydrogens is 486 g/mol. The number of H-pyrrole nitrogens is 2. The maximum absolute atomic E-state index is 13.3. The molecule has 4 atom stereocenters. The summed E-state index contributed by atoms with van der Waals surface area (Å²) in [7, 11) is 0. The number of hydrogen-bond acceptors (Lipinski definition) is 8. The summed E-state index contributed by atoms with van der Waals surface area (Å²) >= 11 is 0. The lowest BCUT2D eigenvalue weighted by molar-refractivity contribution is -0.149. The van der Waals surface area contributed by atoms with Gasteiger partial charge in [-0.25, -0.2) is 14.8 Å². The lowest BCUT2D eigenvalue weighted by Gasteiger charge is -2.28. The van der Waals surface area contributed by atoms with Crippen LogP contribution in [0.2, 0.25) is 0 Å². The van der Waals surface area contributed by atoms with E-state index >= 15 is 0 Å². The minimum atomic E-state index is -1.22. The standard InChI is InChI=1S/C22H31N9O6/c23-14(6-12-8-25-10-27-12)19(33)29-15(3-4-18(24)32)20(34)30-16(7-13-9-26-11-28-13)21(35)31-5-1-2-17(31)22(36)37/h8-11,14-17H,1-7,23H2,(H2,24,32)(H,25,27)(H,26,28)(H,29,33)(H,30,34)(H,36,37). The number of carbonyl (C=O) groups is 5. The van der Waals surface area contributed by atoms with Crippen LogP contribution in [0.4, 0.5) is 0 Å². The summed E-state index contributed by atoms with van der Waals surface area (Å²) in [5.41, 5.74) is 12.4. The molecule has 1 fully saturated rings. The number of rotatable bonds is 13. The van der Waals surface area contributed by atoms with Gasteiger partial charge in [0.15, 0.2) is 0 Å². The van der Waals surface area contributed by atoms with Gasteiger partial charge in [0.05, 0.1) is 18.7 Å².